The summed E-state index contributed by atoms with van der Waals surface area (Å²) in [5.41, 5.74) is 0.202. The number of hydrogen-bond acceptors (Lipinski definition) is 7. The second-order valence-corrected chi connectivity index (χ2v) is 6.55. The number of carbonyl (C=O) groups is 1. The average Bonchev–Trinajstić information content (AvgIpc) is 3.07. The smallest absolute Gasteiger partial charge is 0.404 e. The van der Waals surface area contributed by atoms with Crippen molar-refractivity contribution in [2.75, 3.05) is 18.5 Å². The normalized spacial score (nSPS) is 25.5. The van der Waals surface area contributed by atoms with Crippen LogP contribution in [0.15, 0.2) is 12.3 Å². The van der Waals surface area contributed by atoms with Crippen LogP contribution in [0.5, 0.6) is 5.88 Å². The first-order chi connectivity index (χ1) is 12.5. The van der Waals surface area contributed by atoms with Crippen LogP contribution in [-0.2, 0) is 4.74 Å². The molecule has 1 aromatic rings. The van der Waals surface area contributed by atoms with Gasteiger partial charge >= 0.3 is 11.8 Å². The van der Waals surface area contributed by atoms with E-state index in [1.165, 1.54) is 12.3 Å². The van der Waals surface area contributed by atoms with Crippen molar-refractivity contribution < 1.29 is 24.3 Å². The number of nitrogens with one attached hydrogen (secondary N) is 2. The summed E-state index contributed by atoms with van der Waals surface area (Å²) in [5, 5.41) is 25.8. The molecule has 0 radical (unpaired) electrons. The summed E-state index contributed by atoms with van der Waals surface area (Å²) in [6.45, 7) is 1.11. The minimum atomic E-state index is -1.06. The molecule has 1 aliphatic carbocycles. The molecule has 0 bridgehead atoms. The molecule has 3 rings (SSSR count). The Morgan fingerprint density at radius 2 is 2.19 bits per heavy atom. The van der Waals surface area contributed by atoms with E-state index in [-0.39, 0.29) is 23.9 Å². The molecule has 0 unspecified atom stereocenters. The molecule has 3 atom stereocenters. The monoisotopic (exact) mass is 366 g/mol. The number of anilines is 1. The van der Waals surface area contributed by atoms with E-state index in [2.05, 4.69) is 15.6 Å². The first-order valence-electron chi connectivity index (χ1n) is 8.66. The lowest BCUT2D eigenvalue weighted by Gasteiger charge is -2.30. The zero-order valence-electron chi connectivity index (χ0n) is 14.2. The van der Waals surface area contributed by atoms with Crippen molar-refractivity contribution in [3.63, 3.8) is 0 Å². The van der Waals surface area contributed by atoms with E-state index in [9.17, 15) is 14.9 Å². The second-order valence-electron chi connectivity index (χ2n) is 6.55. The molecule has 10 nitrogen and oxygen atoms in total. The van der Waals surface area contributed by atoms with Crippen LogP contribution in [0.25, 0.3) is 0 Å². The maximum Gasteiger partial charge on any atom is 0.404 e. The fourth-order valence-electron chi connectivity index (χ4n) is 3.38. The lowest BCUT2D eigenvalue weighted by Crippen LogP contribution is -2.41. The molecule has 1 saturated heterocycles. The summed E-state index contributed by atoms with van der Waals surface area (Å²) in [4.78, 5) is 25.7. The third-order valence-corrected chi connectivity index (χ3v) is 4.59. The van der Waals surface area contributed by atoms with Crippen molar-refractivity contribution in [3.05, 3.63) is 22.4 Å². The van der Waals surface area contributed by atoms with Crippen LogP contribution in [0.1, 0.15) is 32.1 Å². The van der Waals surface area contributed by atoms with Crippen LogP contribution < -0.4 is 15.4 Å². The van der Waals surface area contributed by atoms with Gasteiger partial charge in [-0.1, -0.05) is 0 Å². The van der Waals surface area contributed by atoms with Crippen molar-refractivity contribution >= 4 is 17.5 Å². The maximum absolute atomic E-state index is 11.3. The second kappa shape index (κ2) is 8.17. The van der Waals surface area contributed by atoms with Crippen LogP contribution in [0.4, 0.5) is 16.2 Å². The Morgan fingerprint density at radius 1 is 1.38 bits per heavy atom. The van der Waals surface area contributed by atoms with E-state index < -0.39 is 11.0 Å². The van der Waals surface area contributed by atoms with Gasteiger partial charge in [-0.3, -0.25) is 10.1 Å². The van der Waals surface area contributed by atoms with E-state index in [1.54, 1.807) is 0 Å². The van der Waals surface area contributed by atoms with Gasteiger partial charge in [0.1, 0.15) is 18.0 Å². The lowest BCUT2D eigenvalue weighted by atomic mass is 9.91. The molecule has 1 aromatic heterocycles. The molecule has 0 spiro atoms. The molecule has 3 N–H and O–H groups in total. The van der Waals surface area contributed by atoms with Gasteiger partial charge in [-0.25, -0.2) is 9.78 Å². The molecule has 10 heteroatoms. The van der Waals surface area contributed by atoms with Crippen molar-refractivity contribution in [1.29, 1.82) is 0 Å². The predicted octanol–water partition coefficient (Wildman–Crippen LogP) is 2.15. The van der Waals surface area contributed by atoms with Crippen molar-refractivity contribution in [2.45, 2.75) is 50.3 Å². The Kier molecular flexibility index (Phi) is 5.71. The van der Waals surface area contributed by atoms with E-state index in [0.717, 1.165) is 25.7 Å². The zero-order chi connectivity index (χ0) is 18.5. The van der Waals surface area contributed by atoms with Gasteiger partial charge in [0.15, 0.2) is 0 Å². The summed E-state index contributed by atoms with van der Waals surface area (Å²) in [6.07, 6.45) is 3.76. The maximum atomic E-state index is 11.3. The molecule has 1 saturated carbocycles. The molecule has 26 heavy (non-hydrogen) atoms. The predicted molar refractivity (Wildman–Crippen MR) is 91.6 cm³/mol. The van der Waals surface area contributed by atoms with Gasteiger partial charge in [0.05, 0.1) is 18.1 Å². The van der Waals surface area contributed by atoms with Crippen LogP contribution in [-0.4, -0.2) is 52.5 Å². The number of pyridine rings is 1. The number of amides is 1. The summed E-state index contributed by atoms with van der Waals surface area (Å²) >= 11 is 0. The topological polar surface area (TPSA) is 136 Å². The third kappa shape index (κ3) is 4.72. The number of ether oxygens (including phenoxy) is 2. The van der Waals surface area contributed by atoms with Gasteiger partial charge in [0.25, 0.3) is 0 Å². The van der Waals surface area contributed by atoms with Gasteiger partial charge in [-0.15, -0.1) is 0 Å². The number of aromatic nitrogens is 1. The average molecular weight is 366 g/mol. The van der Waals surface area contributed by atoms with E-state index in [0.29, 0.717) is 31.2 Å². The lowest BCUT2D eigenvalue weighted by molar-refractivity contribution is -0.384. The van der Waals surface area contributed by atoms with E-state index in [4.69, 9.17) is 14.6 Å². The Balaban J connectivity index is 1.71. The number of hydrogen-bond donors (Lipinski definition) is 3. The number of nitrogens with zero attached hydrogens (tertiary/aromatic N) is 2. The molecule has 2 aliphatic rings. The van der Waals surface area contributed by atoms with Crippen molar-refractivity contribution in [2.24, 2.45) is 0 Å². The minimum absolute atomic E-state index is 0.0654. The van der Waals surface area contributed by atoms with Crippen LogP contribution >= 0.6 is 0 Å². The van der Waals surface area contributed by atoms with Gasteiger partial charge in [0, 0.05) is 24.6 Å². The quantitative estimate of drug-likeness (QED) is 0.515. The van der Waals surface area contributed by atoms with Gasteiger partial charge < -0.3 is 25.2 Å². The first-order valence-corrected chi connectivity index (χ1v) is 8.66. The summed E-state index contributed by atoms with van der Waals surface area (Å²) < 4.78 is 11.0. The van der Waals surface area contributed by atoms with E-state index >= 15 is 0 Å². The molecular weight excluding hydrogens is 344 g/mol. The number of nitro groups is 1. The SMILES string of the molecule is O=C(O)N[C@H]1CCC[C@@H](Nc2cc(O[C@H]3CCOC3)ncc2[N+](=O)[O-])C1. The number of carboxylic acid groups (broad SMARTS) is 1. The van der Waals surface area contributed by atoms with Gasteiger partial charge in [-0.05, 0) is 25.7 Å². The molecule has 1 amide bonds. The van der Waals surface area contributed by atoms with Crippen molar-refractivity contribution in [3.8, 4) is 5.88 Å². The molecule has 2 fully saturated rings. The third-order valence-electron chi connectivity index (χ3n) is 4.59. The standard InChI is InChI=1S/C16H22N4O6/c21-16(22)19-11-3-1-2-10(6-11)18-13-7-15(17-8-14(13)20(23)24)26-12-4-5-25-9-12/h7-8,10-12,19H,1-6,9H2,(H,17,18)(H,21,22)/t10-,11+,12+/m1/s1. The molecule has 2 heterocycles. The zero-order valence-corrected chi connectivity index (χ0v) is 14.2. The fourth-order valence-corrected chi connectivity index (χ4v) is 3.38. The summed E-state index contributed by atoms with van der Waals surface area (Å²) in [7, 11) is 0. The highest BCUT2D eigenvalue weighted by Crippen LogP contribution is 2.31. The number of rotatable bonds is 6. The Bertz CT molecular complexity index is 664. The highest BCUT2D eigenvalue weighted by molar-refractivity contribution is 5.65. The van der Waals surface area contributed by atoms with Gasteiger partial charge in [-0.2, -0.15) is 0 Å². The Morgan fingerprint density at radius 3 is 2.88 bits per heavy atom. The molecular formula is C16H22N4O6. The van der Waals surface area contributed by atoms with E-state index in [1.807, 2.05) is 0 Å². The molecule has 142 valence electrons. The van der Waals surface area contributed by atoms with Gasteiger partial charge in [0.2, 0.25) is 5.88 Å². The highest BCUT2D eigenvalue weighted by atomic mass is 16.6. The highest BCUT2D eigenvalue weighted by Gasteiger charge is 2.26. The minimum Gasteiger partial charge on any atom is -0.472 e. The molecule has 1 aliphatic heterocycles. The Labute approximate surface area is 150 Å². The first kappa shape index (κ1) is 18.2. The Hall–Kier alpha value is -2.62. The summed E-state index contributed by atoms with van der Waals surface area (Å²) in [6, 6.07) is 1.31. The molecule has 0 aromatic carbocycles. The largest absolute Gasteiger partial charge is 0.472 e. The van der Waals surface area contributed by atoms with Crippen molar-refractivity contribution in [1.82, 2.24) is 10.3 Å². The van der Waals surface area contributed by atoms with Crippen LogP contribution in [0.2, 0.25) is 0 Å². The van der Waals surface area contributed by atoms with Crippen LogP contribution in [0, 0.1) is 10.1 Å². The van der Waals surface area contributed by atoms with Crippen LogP contribution in [0.3, 0.4) is 0 Å². The summed E-state index contributed by atoms with van der Waals surface area (Å²) in [5.74, 6) is 0.310. The fraction of sp³-hybridized carbons (Fsp3) is 0.625.